The molecule has 0 atom stereocenters. The van der Waals surface area contributed by atoms with E-state index >= 15 is 0 Å². The Bertz CT molecular complexity index is 1050. The van der Waals surface area contributed by atoms with E-state index < -0.39 is 5.97 Å². The average Bonchev–Trinajstić information content (AvgIpc) is 2.78. The maximum atomic E-state index is 12.4. The van der Waals surface area contributed by atoms with E-state index in [-0.39, 0.29) is 30.3 Å². The number of amides is 1. The van der Waals surface area contributed by atoms with Gasteiger partial charge in [-0.15, -0.1) is 0 Å². The Morgan fingerprint density at radius 2 is 1.48 bits per heavy atom. The summed E-state index contributed by atoms with van der Waals surface area (Å²) in [6, 6.07) is 20.9. The van der Waals surface area contributed by atoms with Crippen LogP contribution in [0.2, 0.25) is 0 Å². The first-order chi connectivity index (χ1) is 14.4. The first-order valence-electron chi connectivity index (χ1n) is 9.74. The molecule has 0 aromatic heterocycles. The fourth-order valence-electron chi connectivity index (χ4n) is 3.39. The number of hydrogen-bond donors (Lipinski definition) is 1. The zero-order valence-corrected chi connectivity index (χ0v) is 17.4. The normalized spacial score (nSPS) is 10.3. The quantitative estimate of drug-likeness (QED) is 0.469. The molecular weight excluding hydrogens is 385 g/mol. The predicted octanol–water partition coefficient (Wildman–Crippen LogP) is 4.13. The van der Waals surface area contributed by atoms with Crippen LogP contribution < -0.4 is 0 Å². The number of carbonyl (C=O) groups excluding carboxylic acids is 1. The molecule has 0 aliphatic carbocycles. The van der Waals surface area contributed by atoms with Crippen LogP contribution in [0.3, 0.4) is 0 Å². The van der Waals surface area contributed by atoms with Gasteiger partial charge in [-0.2, -0.15) is 0 Å². The van der Waals surface area contributed by atoms with Crippen molar-refractivity contribution in [2.24, 2.45) is 0 Å². The Morgan fingerprint density at radius 3 is 2.03 bits per heavy atom. The first kappa shape index (κ1) is 24.4. The van der Waals surface area contributed by atoms with Gasteiger partial charge in [0.15, 0.2) is 0 Å². The van der Waals surface area contributed by atoms with Gasteiger partial charge in [0, 0.05) is 12.6 Å². The second kappa shape index (κ2) is 11.0. The van der Waals surface area contributed by atoms with E-state index in [0.717, 1.165) is 35.1 Å². The van der Waals surface area contributed by atoms with Gasteiger partial charge >= 0.3 is 24.8 Å². The fourth-order valence-corrected chi connectivity index (χ4v) is 3.39. The molecule has 6 heteroatoms. The van der Waals surface area contributed by atoms with Gasteiger partial charge in [-0.1, -0.05) is 48.5 Å². The summed E-state index contributed by atoms with van der Waals surface area (Å²) in [5, 5.41) is 10.2. The van der Waals surface area contributed by atoms with E-state index in [4.69, 9.17) is 9.94 Å². The summed E-state index contributed by atoms with van der Waals surface area (Å²) < 4.78 is 0. The van der Waals surface area contributed by atoms with Gasteiger partial charge in [0.2, 0.25) is 0 Å². The zero-order valence-electron chi connectivity index (χ0n) is 17.4. The molecular formula is C25H26LiNO4. The van der Waals surface area contributed by atoms with E-state index in [1.807, 2.05) is 43.3 Å². The standard InChI is InChI=1S/C25H25NO4.Li.H/c1-17-19(5-4-6-23(17)24(27)26(2)30-3)10-7-18-8-11-20(12-9-18)21-13-15-22(16-14-21)25(28)29;;/h4-6,8-9,11-16H,7,10H2,1-3H3,(H,28,29);;. The predicted molar refractivity (Wildman–Crippen MR) is 124 cm³/mol. The molecule has 1 N–H and O–H groups in total. The minimum atomic E-state index is -0.924. The monoisotopic (exact) mass is 411 g/mol. The number of hydroxylamine groups is 2. The number of nitrogens with zero attached hydrogens (tertiary/aromatic N) is 1. The third-order valence-electron chi connectivity index (χ3n) is 5.34. The molecule has 0 bridgehead atoms. The van der Waals surface area contributed by atoms with Gasteiger partial charge < -0.3 is 5.11 Å². The van der Waals surface area contributed by atoms with Gasteiger partial charge in [0.25, 0.3) is 5.91 Å². The molecule has 3 aromatic carbocycles. The van der Waals surface area contributed by atoms with Crippen LogP contribution >= 0.6 is 0 Å². The molecule has 0 fully saturated rings. The van der Waals surface area contributed by atoms with Gasteiger partial charge in [-0.3, -0.25) is 9.63 Å². The van der Waals surface area contributed by atoms with Gasteiger partial charge in [-0.25, -0.2) is 9.86 Å². The van der Waals surface area contributed by atoms with Crippen molar-refractivity contribution in [3.8, 4) is 11.1 Å². The molecule has 156 valence electrons. The van der Waals surface area contributed by atoms with Crippen molar-refractivity contribution in [1.82, 2.24) is 5.06 Å². The third-order valence-corrected chi connectivity index (χ3v) is 5.34. The summed E-state index contributed by atoms with van der Waals surface area (Å²) >= 11 is 0. The molecule has 0 radical (unpaired) electrons. The molecule has 0 spiro atoms. The van der Waals surface area contributed by atoms with E-state index in [1.54, 1.807) is 19.2 Å². The number of aryl methyl sites for hydroxylation is 2. The number of carbonyl (C=O) groups is 2. The van der Waals surface area contributed by atoms with Crippen LogP contribution in [0.4, 0.5) is 0 Å². The van der Waals surface area contributed by atoms with E-state index in [9.17, 15) is 9.59 Å². The number of hydrogen-bond acceptors (Lipinski definition) is 3. The second-order valence-electron chi connectivity index (χ2n) is 7.15. The SMILES string of the molecule is CON(C)C(=O)c1cccc(CCc2ccc(-c3ccc(C(=O)O)cc3)cc2)c1C.[LiH]. The first-order valence-corrected chi connectivity index (χ1v) is 9.74. The van der Waals surface area contributed by atoms with Crippen molar-refractivity contribution in [2.75, 3.05) is 14.2 Å². The Morgan fingerprint density at radius 1 is 0.903 bits per heavy atom. The topological polar surface area (TPSA) is 66.8 Å². The number of rotatable bonds is 7. The Kier molecular flexibility index (Phi) is 8.64. The van der Waals surface area contributed by atoms with Crippen molar-refractivity contribution in [3.63, 3.8) is 0 Å². The van der Waals surface area contributed by atoms with Crippen LogP contribution in [0.25, 0.3) is 11.1 Å². The van der Waals surface area contributed by atoms with Gasteiger partial charge in [-0.05, 0) is 65.8 Å². The van der Waals surface area contributed by atoms with Crippen molar-refractivity contribution >= 4 is 30.7 Å². The molecule has 0 aliphatic rings. The number of benzene rings is 3. The van der Waals surface area contributed by atoms with Crippen LogP contribution in [0.15, 0.2) is 66.7 Å². The third kappa shape index (κ3) is 5.86. The van der Waals surface area contributed by atoms with Crippen LogP contribution in [0.5, 0.6) is 0 Å². The molecule has 1 amide bonds. The van der Waals surface area contributed by atoms with Crippen molar-refractivity contribution < 1.29 is 19.5 Å². The Balaban J connectivity index is 0.00000341. The van der Waals surface area contributed by atoms with Crippen molar-refractivity contribution in [3.05, 3.63) is 94.5 Å². The summed E-state index contributed by atoms with van der Waals surface area (Å²) in [5.41, 5.74) is 6.27. The van der Waals surface area contributed by atoms with Crippen LogP contribution in [-0.2, 0) is 17.7 Å². The number of carboxylic acid groups (broad SMARTS) is 1. The van der Waals surface area contributed by atoms with Crippen molar-refractivity contribution in [2.45, 2.75) is 19.8 Å². The molecule has 0 unspecified atom stereocenters. The van der Waals surface area contributed by atoms with E-state index in [2.05, 4.69) is 18.2 Å². The molecule has 0 saturated heterocycles. The molecule has 0 aliphatic heterocycles. The maximum absolute atomic E-state index is 12.4. The van der Waals surface area contributed by atoms with Crippen LogP contribution in [0.1, 0.15) is 37.4 Å². The summed E-state index contributed by atoms with van der Waals surface area (Å²) in [5.74, 6) is -1.08. The van der Waals surface area contributed by atoms with Gasteiger partial charge in [0.1, 0.15) is 0 Å². The number of aromatic carboxylic acids is 1. The molecule has 5 nitrogen and oxygen atoms in total. The molecule has 3 aromatic rings. The second-order valence-corrected chi connectivity index (χ2v) is 7.15. The van der Waals surface area contributed by atoms with Gasteiger partial charge in [0.05, 0.1) is 12.7 Å². The Hall–Kier alpha value is -2.84. The fraction of sp³-hybridized carbons (Fsp3) is 0.200. The summed E-state index contributed by atoms with van der Waals surface area (Å²) in [7, 11) is 3.08. The van der Waals surface area contributed by atoms with Crippen LogP contribution in [-0.4, -0.2) is 55.1 Å². The van der Waals surface area contributed by atoms with E-state index in [1.165, 1.54) is 17.7 Å². The average molecular weight is 411 g/mol. The molecule has 0 saturated carbocycles. The number of carboxylic acids is 1. The Labute approximate surface area is 194 Å². The van der Waals surface area contributed by atoms with E-state index in [0.29, 0.717) is 5.56 Å². The zero-order chi connectivity index (χ0) is 21.7. The minimum absolute atomic E-state index is 0. The summed E-state index contributed by atoms with van der Waals surface area (Å²) in [6.07, 6.45) is 1.69. The summed E-state index contributed by atoms with van der Waals surface area (Å²) in [4.78, 5) is 28.4. The molecule has 0 heterocycles. The van der Waals surface area contributed by atoms with Crippen molar-refractivity contribution in [1.29, 1.82) is 0 Å². The molecule has 3 rings (SSSR count). The summed E-state index contributed by atoms with van der Waals surface area (Å²) in [6.45, 7) is 1.97. The van der Waals surface area contributed by atoms with Crippen LogP contribution in [0, 0.1) is 6.92 Å². The molecule has 31 heavy (non-hydrogen) atoms.